The number of nitrogens with zero attached hydrogens (tertiary/aromatic N) is 2. The van der Waals surface area contributed by atoms with Gasteiger partial charge in [-0.1, -0.05) is 46.9 Å². The summed E-state index contributed by atoms with van der Waals surface area (Å²) in [6.07, 6.45) is 1.27. The zero-order valence-electron chi connectivity index (χ0n) is 20.4. The van der Waals surface area contributed by atoms with Crippen LogP contribution in [0.5, 0.6) is 17.2 Å². The van der Waals surface area contributed by atoms with Crippen molar-refractivity contribution in [1.29, 1.82) is 0 Å². The summed E-state index contributed by atoms with van der Waals surface area (Å²) in [4.78, 5) is 25.0. The third-order valence-corrected chi connectivity index (χ3v) is 7.89. The van der Waals surface area contributed by atoms with Gasteiger partial charge < -0.3 is 9.84 Å². The summed E-state index contributed by atoms with van der Waals surface area (Å²) in [5.41, 5.74) is -1.38. The molecule has 1 heterocycles. The van der Waals surface area contributed by atoms with Crippen molar-refractivity contribution >= 4 is 44.8 Å². The molecule has 3 N–H and O–H groups in total. The maximum Gasteiger partial charge on any atom is 0.349 e. The number of hydrogen-bond donors (Lipinski definition) is 3. The molecule has 3 aromatic carbocycles. The number of aromatic hydroxyl groups is 1. The minimum atomic E-state index is -4.21. The van der Waals surface area contributed by atoms with Gasteiger partial charge in [0, 0.05) is 16.6 Å². The molecule has 1 aromatic heterocycles. The van der Waals surface area contributed by atoms with Gasteiger partial charge in [0.2, 0.25) is 10.0 Å². The van der Waals surface area contributed by atoms with Crippen molar-refractivity contribution in [2.24, 2.45) is 0 Å². The molecule has 0 fully saturated rings. The minimum absolute atomic E-state index is 0.0135. The molecule has 0 amide bonds. The second-order valence-corrected chi connectivity index (χ2v) is 12.0. The lowest BCUT2D eigenvalue weighted by Crippen LogP contribution is -2.45. The molecule has 0 atom stereocenters. The van der Waals surface area contributed by atoms with E-state index in [-0.39, 0.29) is 27.2 Å². The van der Waals surface area contributed by atoms with E-state index in [1.165, 1.54) is 18.2 Å². The summed E-state index contributed by atoms with van der Waals surface area (Å²) >= 11 is 18.6. The first-order valence-corrected chi connectivity index (χ1v) is 13.8. The van der Waals surface area contributed by atoms with Crippen LogP contribution in [0, 0.1) is 0 Å². The highest BCUT2D eigenvalue weighted by Gasteiger charge is 2.29. The van der Waals surface area contributed by atoms with E-state index in [1.807, 2.05) is 0 Å². The van der Waals surface area contributed by atoms with Crippen LogP contribution in [-0.4, -0.2) is 33.8 Å². The molecule has 0 saturated heterocycles. The fourth-order valence-corrected chi connectivity index (χ4v) is 5.96. The lowest BCUT2D eigenvalue weighted by Gasteiger charge is -2.26. The second-order valence-electron chi connectivity index (χ2n) is 9.11. The summed E-state index contributed by atoms with van der Waals surface area (Å²) in [5, 5.41) is 14.6. The van der Waals surface area contributed by atoms with Crippen molar-refractivity contribution in [3.8, 4) is 22.9 Å². The maximum atomic E-state index is 13.2. The minimum Gasteiger partial charge on any atom is -0.507 e. The maximum absolute atomic E-state index is 13.2. The molecule has 0 radical (unpaired) electrons. The van der Waals surface area contributed by atoms with Crippen LogP contribution in [0.15, 0.2) is 75.3 Å². The molecule has 4 aromatic rings. The first-order valence-electron chi connectivity index (χ1n) is 11.2. The Kier molecular flexibility index (Phi) is 8.10. The number of halogens is 3. The van der Waals surface area contributed by atoms with E-state index in [4.69, 9.17) is 39.5 Å². The highest BCUT2D eigenvalue weighted by Crippen LogP contribution is 2.39. The number of hydrogen-bond acceptors (Lipinski definition) is 7. The van der Waals surface area contributed by atoms with Gasteiger partial charge in [0.05, 0.1) is 15.7 Å². The third kappa shape index (κ3) is 6.81. The third-order valence-electron chi connectivity index (χ3n) is 5.35. The molecule has 39 heavy (non-hydrogen) atoms. The van der Waals surface area contributed by atoms with Gasteiger partial charge in [-0.15, -0.1) is 0 Å². The number of rotatable bonds is 8. The number of benzene rings is 3. The number of phenolic OH excluding ortho intramolecular Hbond substituents is 1. The van der Waals surface area contributed by atoms with Crippen molar-refractivity contribution in [3.05, 3.63) is 102 Å². The number of H-pyrrole nitrogens is 1. The van der Waals surface area contributed by atoms with E-state index in [2.05, 4.69) is 14.8 Å². The Bertz CT molecular complexity index is 1750. The van der Waals surface area contributed by atoms with Crippen LogP contribution in [-0.2, 0) is 16.4 Å². The summed E-state index contributed by atoms with van der Waals surface area (Å²) in [7, 11) is -4.21. The molecule has 0 bridgehead atoms. The number of aromatic amines is 1. The Balaban J connectivity index is 1.60. The highest BCUT2D eigenvalue weighted by atomic mass is 35.5. The van der Waals surface area contributed by atoms with E-state index in [0.29, 0.717) is 11.4 Å². The van der Waals surface area contributed by atoms with Crippen LogP contribution < -0.4 is 20.7 Å². The molecule has 204 valence electrons. The Morgan fingerprint density at radius 1 is 1.03 bits per heavy atom. The predicted molar refractivity (Wildman–Crippen MR) is 148 cm³/mol. The number of nitrogens with one attached hydrogen (secondary N) is 2. The summed E-state index contributed by atoms with van der Waals surface area (Å²) in [6, 6.07) is 13.3. The van der Waals surface area contributed by atoms with Gasteiger partial charge in [-0.2, -0.15) is 9.78 Å². The summed E-state index contributed by atoms with van der Waals surface area (Å²) < 4.78 is 35.7. The zero-order valence-corrected chi connectivity index (χ0v) is 23.5. The molecule has 0 aliphatic rings. The molecule has 0 aliphatic heterocycles. The van der Waals surface area contributed by atoms with Crippen LogP contribution in [0.1, 0.15) is 19.4 Å². The number of aromatic nitrogens is 3. The van der Waals surface area contributed by atoms with Crippen molar-refractivity contribution < 1.29 is 18.3 Å². The van der Waals surface area contributed by atoms with E-state index in [1.54, 1.807) is 38.1 Å². The topological polar surface area (TPSA) is 143 Å². The van der Waals surface area contributed by atoms with Gasteiger partial charge in [0.1, 0.15) is 22.6 Å². The van der Waals surface area contributed by atoms with Gasteiger partial charge in [-0.3, -0.25) is 9.78 Å². The number of ether oxygens (including phenoxy) is 1. The van der Waals surface area contributed by atoms with Crippen LogP contribution in [0.2, 0.25) is 15.1 Å². The monoisotopic (exact) mass is 610 g/mol. The van der Waals surface area contributed by atoms with Crippen LogP contribution >= 0.6 is 34.8 Å². The highest BCUT2D eigenvalue weighted by molar-refractivity contribution is 7.89. The Labute approximate surface area is 237 Å². The molecule has 10 nitrogen and oxygen atoms in total. The Morgan fingerprint density at radius 2 is 1.67 bits per heavy atom. The smallest absolute Gasteiger partial charge is 0.349 e. The molecular formula is C25H21Cl3N4O6S. The number of phenols is 1. The summed E-state index contributed by atoms with van der Waals surface area (Å²) in [6.45, 7) is 3.42. The standard InChI is InChI=1S/C25H21Cl3N4O6S/c1-25(2,12-14-3-5-15(26)6-4-14)31-39(36,37)21-11-17(7-8-20(21)33)38-23-18(27)9-16(10-19(23)28)32-24(35)30-22(34)13-29-32/h3-11,13,31,33H,12H2,1-2H3,(H,30,34,35). The normalized spacial score (nSPS) is 11.9. The molecule has 0 aliphatic carbocycles. The van der Waals surface area contributed by atoms with Crippen LogP contribution in [0.25, 0.3) is 5.69 Å². The predicted octanol–water partition coefficient (Wildman–Crippen LogP) is 4.68. The van der Waals surface area contributed by atoms with Crippen LogP contribution in [0.3, 0.4) is 0 Å². The summed E-state index contributed by atoms with van der Waals surface area (Å²) in [5.74, 6) is -0.516. The lowest BCUT2D eigenvalue weighted by molar-refractivity contribution is 0.434. The molecule has 0 saturated carbocycles. The number of sulfonamides is 1. The fourth-order valence-electron chi connectivity index (χ4n) is 3.76. The SMILES string of the molecule is CC(C)(Cc1ccc(Cl)cc1)NS(=O)(=O)c1cc(Oc2c(Cl)cc(-n3ncc(=O)[nH]c3=O)cc2Cl)ccc1O. The lowest BCUT2D eigenvalue weighted by atomic mass is 9.96. The molecular weight excluding hydrogens is 591 g/mol. The first kappa shape index (κ1) is 28.7. The van der Waals surface area contributed by atoms with Gasteiger partial charge in [0.25, 0.3) is 5.56 Å². The van der Waals surface area contributed by atoms with Crippen LogP contribution in [0.4, 0.5) is 0 Å². The van der Waals surface area contributed by atoms with Gasteiger partial charge in [-0.05, 0) is 62.2 Å². The Morgan fingerprint density at radius 3 is 2.28 bits per heavy atom. The molecule has 4 rings (SSSR count). The Hall–Kier alpha value is -3.35. The van der Waals surface area contributed by atoms with E-state index >= 15 is 0 Å². The van der Waals surface area contributed by atoms with Crippen molar-refractivity contribution in [3.63, 3.8) is 0 Å². The van der Waals surface area contributed by atoms with Crippen molar-refractivity contribution in [2.45, 2.75) is 30.7 Å². The largest absolute Gasteiger partial charge is 0.507 e. The van der Waals surface area contributed by atoms with E-state index in [9.17, 15) is 23.1 Å². The zero-order chi connectivity index (χ0) is 28.5. The van der Waals surface area contributed by atoms with E-state index in [0.717, 1.165) is 28.6 Å². The van der Waals surface area contributed by atoms with Gasteiger partial charge >= 0.3 is 5.69 Å². The van der Waals surface area contributed by atoms with Crippen molar-refractivity contribution in [1.82, 2.24) is 19.5 Å². The van der Waals surface area contributed by atoms with E-state index < -0.39 is 37.5 Å². The first-order chi connectivity index (χ1) is 18.2. The molecule has 0 spiro atoms. The fraction of sp³-hybridized carbons (Fsp3) is 0.160. The van der Waals surface area contributed by atoms with Gasteiger partial charge in [-0.25, -0.2) is 17.9 Å². The van der Waals surface area contributed by atoms with Crippen molar-refractivity contribution in [2.75, 3.05) is 0 Å². The van der Waals surface area contributed by atoms with Gasteiger partial charge in [0.15, 0.2) is 5.75 Å². The average molecular weight is 612 g/mol. The molecule has 14 heteroatoms. The quantitative estimate of drug-likeness (QED) is 0.263. The average Bonchev–Trinajstić information content (AvgIpc) is 2.83. The second kappa shape index (κ2) is 11.0. The molecule has 0 unspecified atom stereocenters.